The summed E-state index contributed by atoms with van der Waals surface area (Å²) in [6, 6.07) is 1.97. The van der Waals surface area contributed by atoms with E-state index in [1.807, 2.05) is 33.2 Å². The molecule has 17 heavy (non-hydrogen) atoms. The highest BCUT2D eigenvalue weighted by Crippen LogP contribution is 2.22. The highest BCUT2D eigenvalue weighted by molar-refractivity contribution is 5.78. The van der Waals surface area contributed by atoms with Crippen LogP contribution in [0.2, 0.25) is 0 Å². The van der Waals surface area contributed by atoms with E-state index < -0.39 is 0 Å². The largest absolute Gasteiger partial charge is 0.336 e. The van der Waals surface area contributed by atoms with Gasteiger partial charge in [0, 0.05) is 19.4 Å². The van der Waals surface area contributed by atoms with Crippen LogP contribution >= 0.6 is 0 Å². The van der Waals surface area contributed by atoms with E-state index >= 15 is 0 Å². The molecular formula is C12H13N5. The Labute approximate surface area is 98.5 Å². The number of nitrogens with zero attached hydrogens (tertiary/aromatic N) is 4. The van der Waals surface area contributed by atoms with E-state index in [0.29, 0.717) is 0 Å². The molecule has 5 nitrogen and oxygen atoms in total. The number of aromatic amines is 1. The fraction of sp³-hybridized carbons (Fsp3) is 0.250. The van der Waals surface area contributed by atoms with Gasteiger partial charge in [0.25, 0.3) is 0 Å². The first kappa shape index (κ1) is 10.0. The molecule has 0 saturated carbocycles. The summed E-state index contributed by atoms with van der Waals surface area (Å²) < 4.78 is 1.79. The van der Waals surface area contributed by atoms with Crippen molar-refractivity contribution < 1.29 is 0 Å². The number of H-pyrrole nitrogens is 1. The minimum absolute atomic E-state index is 0.753. The second kappa shape index (κ2) is 3.41. The molecule has 3 heterocycles. The third kappa shape index (κ3) is 1.51. The number of imidazole rings is 1. The van der Waals surface area contributed by atoms with Crippen molar-refractivity contribution in [2.24, 2.45) is 7.05 Å². The van der Waals surface area contributed by atoms with E-state index in [4.69, 9.17) is 0 Å². The average molecular weight is 227 g/mol. The second-order valence-corrected chi connectivity index (χ2v) is 4.21. The lowest BCUT2D eigenvalue weighted by molar-refractivity contribution is 0.756. The first-order valence-corrected chi connectivity index (χ1v) is 5.47. The lowest BCUT2D eigenvalue weighted by atomic mass is 10.2. The smallest absolute Gasteiger partial charge is 0.178 e. The van der Waals surface area contributed by atoms with Crippen LogP contribution in [0.3, 0.4) is 0 Å². The lowest BCUT2D eigenvalue weighted by Crippen LogP contribution is -1.86. The molecule has 0 fully saturated rings. The van der Waals surface area contributed by atoms with Gasteiger partial charge in [0.1, 0.15) is 5.82 Å². The van der Waals surface area contributed by atoms with E-state index in [-0.39, 0.29) is 0 Å². The summed E-state index contributed by atoms with van der Waals surface area (Å²) in [6.07, 6.45) is 3.74. The Balaban J connectivity index is 2.25. The number of fused-ring (bicyclic) bond motifs is 1. The Morgan fingerprint density at radius 3 is 2.76 bits per heavy atom. The van der Waals surface area contributed by atoms with E-state index in [1.54, 1.807) is 10.9 Å². The minimum atomic E-state index is 0.753. The molecule has 3 rings (SSSR count). The molecule has 5 heteroatoms. The summed E-state index contributed by atoms with van der Waals surface area (Å²) in [5.74, 6) is 0.826. The number of rotatable bonds is 1. The zero-order chi connectivity index (χ0) is 12.0. The molecule has 3 aromatic rings. The van der Waals surface area contributed by atoms with Crippen LogP contribution in [-0.2, 0) is 7.05 Å². The van der Waals surface area contributed by atoms with Gasteiger partial charge >= 0.3 is 0 Å². The van der Waals surface area contributed by atoms with Crippen molar-refractivity contribution in [2.45, 2.75) is 13.8 Å². The van der Waals surface area contributed by atoms with Gasteiger partial charge in [-0.05, 0) is 25.5 Å². The molecular weight excluding hydrogens is 214 g/mol. The topological polar surface area (TPSA) is 59.4 Å². The highest BCUT2D eigenvalue weighted by atomic mass is 15.3. The number of hydrogen-bond acceptors (Lipinski definition) is 3. The Bertz CT molecular complexity index is 692. The molecule has 0 saturated heterocycles. The molecule has 0 aromatic carbocycles. The molecule has 3 aromatic heterocycles. The van der Waals surface area contributed by atoms with E-state index in [0.717, 1.165) is 33.8 Å². The number of aromatic nitrogens is 5. The van der Waals surface area contributed by atoms with Gasteiger partial charge in [0.05, 0.1) is 16.8 Å². The van der Waals surface area contributed by atoms with Crippen molar-refractivity contribution in [3.05, 3.63) is 29.7 Å². The third-order valence-corrected chi connectivity index (χ3v) is 2.87. The summed E-state index contributed by atoms with van der Waals surface area (Å²) in [5.41, 5.74) is 4.87. The Hall–Kier alpha value is -2.17. The Morgan fingerprint density at radius 1 is 1.29 bits per heavy atom. The maximum Gasteiger partial charge on any atom is 0.178 e. The van der Waals surface area contributed by atoms with Crippen LogP contribution in [0, 0.1) is 13.8 Å². The first-order valence-electron chi connectivity index (χ1n) is 5.47. The van der Waals surface area contributed by atoms with Crippen LogP contribution in [0.1, 0.15) is 11.3 Å². The van der Waals surface area contributed by atoms with Crippen LogP contribution < -0.4 is 0 Å². The predicted molar refractivity (Wildman–Crippen MR) is 65.6 cm³/mol. The molecule has 0 atom stereocenters. The molecule has 1 N–H and O–H groups in total. The van der Waals surface area contributed by atoms with Gasteiger partial charge in [0.15, 0.2) is 5.65 Å². The van der Waals surface area contributed by atoms with Crippen molar-refractivity contribution >= 4 is 11.2 Å². The number of nitrogens with one attached hydrogen (secondary N) is 1. The fourth-order valence-electron chi connectivity index (χ4n) is 2.00. The van der Waals surface area contributed by atoms with Crippen LogP contribution in [0.5, 0.6) is 0 Å². The quantitative estimate of drug-likeness (QED) is 0.691. The second-order valence-electron chi connectivity index (χ2n) is 4.21. The van der Waals surface area contributed by atoms with Gasteiger partial charge in [-0.2, -0.15) is 5.10 Å². The van der Waals surface area contributed by atoms with Crippen molar-refractivity contribution in [1.29, 1.82) is 0 Å². The van der Waals surface area contributed by atoms with Crippen LogP contribution in [0.15, 0.2) is 18.5 Å². The summed E-state index contributed by atoms with van der Waals surface area (Å²) in [5, 5.41) is 4.32. The molecule has 0 amide bonds. The van der Waals surface area contributed by atoms with Gasteiger partial charge < -0.3 is 4.98 Å². The van der Waals surface area contributed by atoms with Crippen molar-refractivity contribution in [3.63, 3.8) is 0 Å². The highest BCUT2D eigenvalue weighted by Gasteiger charge is 2.12. The van der Waals surface area contributed by atoms with Crippen molar-refractivity contribution in [3.8, 4) is 11.4 Å². The molecule has 0 aliphatic carbocycles. The van der Waals surface area contributed by atoms with Gasteiger partial charge in [-0.15, -0.1) is 0 Å². The molecule has 0 spiro atoms. The summed E-state index contributed by atoms with van der Waals surface area (Å²) in [6.45, 7) is 4.02. The van der Waals surface area contributed by atoms with Gasteiger partial charge in [-0.3, -0.25) is 4.68 Å². The first-order chi connectivity index (χ1) is 8.15. The molecule has 0 aliphatic rings. The Morgan fingerprint density at radius 2 is 2.12 bits per heavy atom. The number of pyridine rings is 1. The van der Waals surface area contributed by atoms with Gasteiger partial charge in [-0.25, -0.2) is 9.97 Å². The molecule has 0 radical (unpaired) electrons. The fourth-order valence-corrected chi connectivity index (χ4v) is 2.00. The lowest BCUT2D eigenvalue weighted by Gasteiger charge is -1.91. The normalized spacial score (nSPS) is 11.2. The van der Waals surface area contributed by atoms with Crippen LogP contribution in [-0.4, -0.2) is 24.7 Å². The zero-order valence-corrected chi connectivity index (χ0v) is 10.0. The number of aryl methyl sites for hydroxylation is 3. The van der Waals surface area contributed by atoms with E-state index in [1.165, 1.54) is 0 Å². The SMILES string of the molecule is Cc1nn(C)cc1-c1nc2nccc(C)c2[nH]1. The summed E-state index contributed by atoms with van der Waals surface area (Å²) in [4.78, 5) is 12.1. The number of hydrogen-bond donors (Lipinski definition) is 1. The predicted octanol–water partition coefficient (Wildman–Crippen LogP) is 1.98. The standard InChI is InChI=1S/C12H13N5/c1-7-4-5-13-12-10(7)14-11(15-12)9-6-17(3)16-8(9)2/h4-6H,1-3H3,(H,13,14,15). The molecule has 0 aliphatic heterocycles. The van der Waals surface area contributed by atoms with Crippen LogP contribution in [0.4, 0.5) is 0 Å². The molecule has 0 bridgehead atoms. The monoisotopic (exact) mass is 227 g/mol. The maximum absolute atomic E-state index is 4.50. The molecule has 86 valence electrons. The molecule has 0 unspecified atom stereocenters. The van der Waals surface area contributed by atoms with Crippen LogP contribution in [0.25, 0.3) is 22.6 Å². The maximum atomic E-state index is 4.50. The zero-order valence-electron chi connectivity index (χ0n) is 10.0. The third-order valence-electron chi connectivity index (χ3n) is 2.87. The van der Waals surface area contributed by atoms with Crippen molar-refractivity contribution in [2.75, 3.05) is 0 Å². The van der Waals surface area contributed by atoms with Gasteiger partial charge in [-0.1, -0.05) is 0 Å². The summed E-state index contributed by atoms with van der Waals surface area (Å²) >= 11 is 0. The Kier molecular flexibility index (Phi) is 2.01. The van der Waals surface area contributed by atoms with E-state index in [9.17, 15) is 0 Å². The minimum Gasteiger partial charge on any atom is -0.336 e. The van der Waals surface area contributed by atoms with Crippen molar-refractivity contribution in [1.82, 2.24) is 24.7 Å². The summed E-state index contributed by atoms with van der Waals surface area (Å²) in [7, 11) is 1.91. The van der Waals surface area contributed by atoms with Gasteiger partial charge in [0.2, 0.25) is 0 Å². The average Bonchev–Trinajstić information content (AvgIpc) is 2.82. The van der Waals surface area contributed by atoms with E-state index in [2.05, 4.69) is 20.1 Å².